The lowest BCUT2D eigenvalue weighted by atomic mass is 10.1. The molecule has 1 amide bonds. The van der Waals surface area contributed by atoms with E-state index in [1.54, 1.807) is 0 Å². The van der Waals surface area contributed by atoms with Crippen molar-refractivity contribution in [3.05, 3.63) is 52.7 Å². The Labute approximate surface area is 175 Å². The van der Waals surface area contributed by atoms with Gasteiger partial charge in [-0.2, -0.15) is 13.2 Å². The molecule has 2 aromatic heterocycles. The molecule has 1 N–H and O–H groups in total. The lowest BCUT2D eigenvalue weighted by Crippen LogP contribution is -2.29. The van der Waals surface area contributed by atoms with Crippen molar-refractivity contribution < 1.29 is 18.0 Å². The Balaban J connectivity index is 1.60. The van der Waals surface area contributed by atoms with Gasteiger partial charge in [-0.25, -0.2) is 18.9 Å². The Hall–Kier alpha value is -3.37. The highest BCUT2D eigenvalue weighted by Gasteiger charge is 2.33. The Morgan fingerprint density at radius 3 is 2.52 bits per heavy atom. The van der Waals surface area contributed by atoms with Gasteiger partial charge in [0.1, 0.15) is 6.54 Å². The van der Waals surface area contributed by atoms with Gasteiger partial charge in [-0.3, -0.25) is 4.79 Å². The van der Waals surface area contributed by atoms with E-state index in [0.29, 0.717) is 11.5 Å². The van der Waals surface area contributed by atoms with Gasteiger partial charge in [0.25, 0.3) is 0 Å². The fraction of sp³-hybridized carbons (Fsp3) is 0.400. The summed E-state index contributed by atoms with van der Waals surface area (Å²) >= 11 is 0. The Morgan fingerprint density at radius 1 is 1.10 bits per heavy atom. The van der Waals surface area contributed by atoms with Gasteiger partial charge in [-0.05, 0) is 25.0 Å². The number of aromatic nitrogens is 4. The van der Waals surface area contributed by atoms with Crippen LogP contribution in [0.2, 0.25) is 0 Å². The number of alkyl halides is 3. The maximum absolute atomic E-state index is 13.1. The van der Waals surface area contributed by atoms with Crippen LogP contribution in [0.25, 0.3) is 5.65 Å². The number of para-hydroxylation sites is 1. The van der Waals surface area contributed by atoms with Gasteiger partial charge >= 0.3 is 11.9 Å². The minimum Gasteiger partial charge on any atom is -0.353 e. The molecule has 1 aliphatic heterocycles. The Kier molecular flexibility index (Phi) is 5.66. The summed E-state index contributed by atoms with van der Waals surface area (Å²) in [5.74, 6) is -0.227. The van der Waals surface area contributed by atoms with Gasteiger partial charge in [0, 0.05) is 25.5 Å². The number of rotatable bonds is 4. The molecular weight excluding hydrogens is 413 g/mol. The van der Waals surface area contributed by atoms with Crippen molar-refractivity contribution in [2.75, 3.05) is 23.3 Å². The predicted molar refractivity (Wildman–Crippen MR) is 108 cm³/mol. The van der Waals surface area contributed by atoms with Gasteiger partial charge < -0.3 is 10.2 Å². The van der Waals surface area contributed by atoms with Crippen LogP contribution in [0.5, 0.6) is 0 Å². The highest BCUT2D eigenvalue weighted by atomic mass is 19.4. The third-order valence-electron chi connectivity index (χ3n) is 5.19. The van der Waals surface area contributed by atoms with Gasteiger partial charge in [-0.15, -0.1) is 5.10 Å². The van der Waals surface area contributed by atoms with Crippen LogP contribution in [0, 0.1) is 0 Å². The van der Waals surface area contributed by atoms with Crippen molar-refractivity contribution >= 4 is 23.1 Å². The molecule has 0 spiro atoms. The number of carbonyl (C=O) groups is 1. The van der Waals surface area contributed by atoms with E-state index in [0.717, 1.165) is 55.6 Å². The summed E-state index contributed by atoms with van der Waals surface area (Å²) in [6, 6.07) is 4.67. The van der Waals surface area contributed by atoms with Crippen molar-refractivity contribution in [2.45, 2.75) is 38.4 Å². The van der Waals surface area contributed by atoms with Crippen LogP contribution in [0.15, 0.2) is 41.5 Å². The van der Waals surface area contributed by atoms with Crippen LogP contribution >= 0.6 is 0 Å². The topological polar surface area (TPSA) is 84.5 Å². The minimum atomic E-state index is -4.61. The third-order valence-corrected chi connectivity index (χ3v) is 5.19. The molecule has 0 radical (unpaired) electrons. The number of hydrogen-bond acceptors (Lipinski definition) is 5. The monoisotopic (exact) mass is 434 g/mol. The number of benzene rings is 1. The van der Waals surface area contributed by atoms with E-state index in [-0.39, 0.29) is 5.69 Å². The van der Waals surface area contributed by atoms with Gasteiger partial charge in [0.2, 0.25) is 11.6 Å². The van der Waals surface area contributed by atoms with Crippen molar-refractivity contribution in [1.82, 2.24) is 19.2 Å². The molecule has 1 fully saturated rings. The molecular formula is C20H21F3N6O2. The number of anilines is 2. The van der Waals surface area contributed by atoms with Crippen LogP contribution in [0.4, 0.5) is 24.7 Å². The summed E-state index contributed by atoms with van der Waals surface area (Å²) in [6.07, 6.45) is 2.61. The molecule has 0 aliphatic carbocycles. The van der Waals surface area contributed by atoms with E-state index in [2.05, 4.69) is 20.3 Å². The molecule has 4 rings (SSSR count). The summed E-state index contributed by atoms with van der Waals surface area (Å²) < 4.78 is 41.7. The van der Waals surface area contributed by atoms with Gasteiger partial charge in [-0.1, -0.05) is 25.0 Å². The average molecular weight is 434 g/mol. The molecule has 0 saturated carbocycles. The molecule has 0 bridgehead atoms. The van der Waals surface area contributed by atoms with Crippen molar-refractivity contribution in [3.8, 4) is 0 Å². The second-order valence-electron chi connectivity index (χ2n) is 7.38. The first kappa shape index (κ1) is 20.9. The summed E-state index contributed by atoms with van der Waals surface area (Å²) in [5.41, 5.74) is -1.58. The Bertz CT molecular complexity index is 1150. The molecule has 1 saturated heterocycles. The highest BCUT2D eigenvalue weighted by molar-refractivity contribution is 5.91. The maximum Gasteiger partial charge on any atom is 0.418 e. The summed E-state index contributed by atoms with van der Waals surface area (Å²) in [5, 5.41) is 6.48. The summed E-state index contributed by atoms with van der Waals surface area (Å²) in [6.45, 7) is 1.07. The number of hydrogen-bond donors (Lipinski definition) is 1. The Morgan fingerprint density at radius 2 is 1.81 bits per heavy atom. The minimum absolute atomic E-state index is 0.317. The zero-order valence-corrected chi connectivity index (χ0v) is 16.6. The molecule has 1 aliphatic rings. The van der Waals surface area contributed by atoms with E-state index in [4.69, 9.17) is 0 Å². The van der Waals surface area contributed by atoms with E-state index in [9.17, 15) is 22.8 Å². The highest BCUT2D eigenvalue weighted by Crippen LogP contribution is 2.34. The smallest absolute Gasteiger partial charge is 0.353 e. The molecule has 11 heteroatoms. The zero-order valence-electron chi connectivity index (χ0n) is 16.6. The van der Waals surface area contributed by atoms with Crippen LogP contribution < -0.4 is 15.9 Å². The van der Waals surface area contributed by atoms with E-state index < -0.39 is 29.9 Å². The molecule has 8 nitrogen and oxygen atoms in total. The van der Waals surface area contributed by atoms with Crippen LogP contribution in [0.1, 0.15) is 31.2 Å². The van der Waals surface area contributed by atoms with Crippen LogP contribution in [0.3, 0.4) is 0 Å². The summed E-state index contributed by atoms with van der Waals surface area (Å²) in [7, 11) is 0. The molecule has 0 atom stereocenters. The molecule has 0 unspecified atom stereocenters. The summed E-state index contributed by atoms with van der Waals surface area (Å²) in [4.78, 5) is 31.6. The standard InChI is InChI=1S/C20H21F3N6O2/c21-20(22,23)14-7-3-4-8-15(14)25-16(30)13-29-19(31)28-12-9-24-17(18(28)26-29)27-10-5-1-2-6-11-27/h3-4,7-9,12H,1-2,5-6,10-11,13H2,(H,25,30). The number of amides is 1. The third kappa shape index (κ3) is 4.39. The van der Waals surface area contributed by atoms with Crippen molar-refractivity contribution in [2.24, 2.45) is 0 Å². The van der Waals surface area contributed by atoms with Crippen LogP contribution in [-0.2, 0) is 17.5 Å². The second kappa shape index (κ2) is 8.40. The van der Waals surface area contributed by atoms with E-state index in [1.807, 2.05) is 0 Å². The molecule has 1 aromatic carbocycles. The number of halogens is 3. The number of nitrogens with one attached hydrogen (secondary N) is 1. The number of nitrogens with zero attached hydrogens (tertiary/aromatic N) is 5. The fourth-order valence-corrected chi connectivity index (χ4v) is 3.71. The normalized spacial score (nSPS) is 15.1. The fourth-order valence-electron chi connectivity index (χ4n) is 3.71. The van der Waals surface area contributed by atoms with Crippen molar-refractivity contribution in [3.63, 3.8) is 0 Å². The quantitative estimate of drug-likeness (QED) is 0.683. The average Bonchev–Trinajstić information content (AvgIpc) is 2.90. The molecule has 3 heterocycles. The lowest BCUT2D eigenvalue weighted by molar-refractivity contribution is -0.137. The first-order chi connectivity index (χ1) is 14.8. The van der Waals surface area contributed by atoms with Crippen molar-refractivity contribution in [1.29, 1.82) is 0 Å². The molecule has 31 heavy (non-hydrogen) atoms. The molecule has 164 valence electrons. The van der Waals surface area contributed by atoms with Gasteiger partial charge in [0.15, 0.2) is 5.82 Å². The number of carbonyl (C=O) groups excluding carboxylic acids is 1. The first-order valence-corrected chi connectivity index (χ1v) is 10.00. The second-order valence-corrected chi connectivity index (χ2v) is 7.38. The number of fused-ring (bicyclic) bond motifs is 1. The molecule has 3 aromatic rings. The predicted octanol–water partition coefficient (Wildman–Crippen LogP) is 2.93. The largest absolute Gasteiger partial charge is 0.418 e. The first-order valence-electron chi connectivity index (χ1n) is 10.00. The van der Waals surface area contributed by atoms with E-state index >= 15 is 0 Å². The van der Waals surface area contributed by atoms with Gasteiger partial charge in [0.05, 0.1) is 11.3 Å². The van der Waals surface area contributed by atoms with E-state index in [1.165, 1.54) is 28.9 Å². The maximum atomic E-state index is 13.1. The van der Waals surface area contributed by atoms with Crippen LogP contribution in [-0.4, -0.2) is 38.2 Å². The SMILES string of the molecule is O=C(Cn1nc2c(N3CCCCCC3)nccn2c1=O)Nc1ccccc1C(F)(F)F. The lowest BCUT2D eigenvalue weighted by Gasteiger charge is -2.21. The zero-order chi connectivity index (χ0) is 22.0.